The normalized spacial score (nSPS) is 12.7. The minimum absolute atomic E-state index is 0.397. The number of hydrogen-bond acceptors (Lipinski definition) is 2. The van der Waals surface area contributed by atoms with Crippen LogP contribution < -0.4 is 4.74 Å². The van der Waals surface area contributed by atoms with Gasteiger partial charge in [0.15, 0.2) is 0 Å². The molecule has 2 nitrogen and oxygen atoms in total. The zero-order chi connectivity index (χ0) is 13.1. The van der Waals surface area contributed by atoms with Gasteiger partial charge in [0.05, 0.1) is 13.2 Å². The van der Waals surface area contributed by atoms with Gasteiger partial charge in [-0.1, -0.05) is 37.6 Å². The van der Waals surface area contributed by atoms with Gasteiger partial charge in [0, 0.05) is 5.39 Å². The predicted octanol–water partition coefficient (Wildman–Crippen LogP) is 3.99. The lowest BCUT2D eigenvalue weighted by molar-refractivity contribution is 0.167. The van der Waals surface area contributed by atoms with Crippen LogP contribution in [0, 0.1) is 6.92 Å². The molecular weight excluding hydrogens is 224 g/mol. The van der Waals surface area contributed by atoms with E-state index in [2.05, 4.69) is 13.0 Å². The van der Waals surface area contributed by atoms with Crippen molar-refractivity contribution in [1.82, 2.24) is 0 Å². The SMILES string of the molecule is CCCC(O)c1c(C)cc(OC)c2ccccc12. The summed E-state index contributed by atoms with van der Waals surface area (Å²) in [4.78, 5) is 0. The molecule has 1 atom stereocenters. The Morgan fingerprint density at radius 2 is 1.89 bits per heavy atom. The highest BCUT2D eigenvalue weighted by molar-refractivity contribution is 5.92. The smallest absolute Gasteiger partial charge is 0.126 e. The monoisotopic (exact) mass is 244 g/mol. The second-order valence-electron chi connectivity index (χ2n) is 4.66. The number of aliphatic hydroxyl groups is 1. The molecule has 0 aliphatic rings. The standard InChI is InChI=1S/C16H20O2/c1-4-7-14(17)16-11(2)10-15(18-3)12-8-5-6-9-13(12)16/h5-6,8-10,14,17H,4,7H2,1-3H3. The van der Waals surface area contributed by atoms with Gasteiger partial charge in [-0.25, -0.2) is 0 Å². The third kappa shape index (κ3) is 2.21. The summed E-state index contributed by atoms with van der Waals surface area (Å²) in [6, 6.07) is 10.1. The van der Waals surface area contributed by atoms with Gasteiger partial charge in [-0.3, -0.25) is 0 Å². The van der Waals surface area contributed by atoms with Crippen LogP contribution in [0.15, 0.2) is 30.3 Å². The fourth-order valence-electron chi connectivity index (χ4n) is 2.53. The number of benzene rings is 2. The molecule has 0 bridgehead atoms. The van der Waals surface area contributed by atoms with E-state index >= 15 is 0 Å². The average molecular weight is 244 g/mol. The van der Waals surface area contributed by atoms with Crippen molar-refractivity contribution in [2.45, 2.75) is 32.8 Å². The first kappa shape index (κ1) is 12.9. The van der Waals surface area contributed by atoms with Crippen molar-refractivity contribution in [2.75, 3.05) is 7.11 Å². The van der Waals surface area contributed by atoms with Crippen LogP contribution in [0.2, 0.25) is 0 Å². The number of aryl methyl sites for hydroxylation is 1. The number of aliphatic hydroxyl groups excluding tert-OH is 1. The summed E-state index contributed by atoms with van der Waals surface area (Å²) >= 11 is 0. The summed E-state index contributed by atoms with van der Waals surface area (Å²) in [7, 11) is 1.68. The van der Waals surface area contributed by atoms with Gasteiger partial charge >= 0.3 is 0 Å². The molecule has 18 heavy (non-hydrogen) atoms. The summed E-state index contributed by atoms with van der Waals surface area (Å²) in [5.74, 6) is 0.871. The number of hydrogen-bond donors (Lipinski definition) is 1. The molecule has 0 amide bonds. The van der Waals surface area contributed by atoms with Gasteiger partial charge in [-0.15, -0.1) is 0 Å². The fraction of sp³-hybridized carbons (Fsp3) is 0.375. The molecule has 0 fully saturated rings. The zero-order valence-corrected chi connectivity index (χ0v) is 11.2. The molecule has 0 aromatic heterocycles. The first-order valence-corrected chi connectivity index (χ1v) is 6.43. The van der Waals surface area contributed by atoms with E-state index < -0.39 is 6.10 Å². The van der Waals surface area contributed by atoms with Crippen molar-refractivity contribution in [1.29, 1.82) is 0 Å². The Labute approximate surface area is 108 Å². The van der Waals surface area contributed by atoms with Crippen LogP contribution in [-0.2, 0) is 0 Å². The molecule has 2 rings (SSSR count). The summed E-state index contributed by atoms with van der Waals surface area (Å²) in [6.07, 6.45) is 1.36. The van der Waals surface area contributed by atoms with Crippen molar-refractivity contribution in [2.24, 2.45) is 0 Å². The van der Waals surface area contributed by atoms with Gasteiger partial charge in [-0.2, -0.15) is 0 Å². The predicted molar refractivity (Wildman–Crippen MR) is 75.1 cm³/mol. The van der Waals surface area contributed by atoms with Gasteiger partial charge in [0.2, 0.25) is 0 Å². The number of ether oxygens (including phenoxy) is 1. The van der Waals surface area contributed by atoms with Crippen LogP contribution in [0.3, 0.4) is 0 Å². The Hall–Kier alpha value is -1.54. The van der Waals surface area contributed by atoms with Crippen molar-refractivity contribution in [3.63, 3.8) is 0 Å². The molecule has 0 heterocycles. The fourth-order valence-corrected chi connectivity index (χ4v) is 2.53. The Morgan fingerprint density at radius 3 is 2.50 bits per heavy atom. The van der Waals surface area contributed by atoms with Crippen LogP contribution in [0.4, 0.5) is 0 Å². The molecule has 96 valence electrons. The Morgan fingerprint density at radius 1 is 1.22 bits per heavy atom. The quantitative estimate of drug-likeness (QED) is 0.881. The van der Waals surface area contributed by atoms with E-state index in [4.69, 9.17) is 4.74 Å². The van der Waals surface area contributed by atoms with Crippen molar-refractivity contribution >= 4 is 10.8 Å². The van der Waals surface area contributed by atoms with E-state index in [9.17, 15) is 5.11 Å². The second-order valence-corrected chi connectivity index (χ2v) is 4.66. The van der Waals surface area contributed by atoms with E-state index in [1.165, 1.54) is 0 Å². The average Bonchev–Trinajstić information content (AvgIpc) is 2.37. The van der Waals surface area contributed by atoms with E-state index in [1.54, 1.807) is 7.11 Å². The molecule has 2 aromatic carbocycles. The highest BCUT2D eigenvalue weighted by atomic mass is 16.5. The van der Waals surface area contributed by atoms with E-state index in [-0.39, 0.29) is 0 Å². The molecule has 0 aliphatic heterocycles. The molecule has 0 spiro atoms. The number of methoxy groups -OCH3 is 1. The maximum Gasteiger partial charge on any atom is 0.126 e. The van der Waals surface area contributed by atoms with Crippen molar-refractivity contribution in [3.05, 3.63) is 41.5 Å². The second kappa shape index (κ2) is 5.40. The first-order chi connectivity index (χ1) is 8.69. The molecule has 2 aromatic rings. The first-order valence-electron chi connectivity index (χ1n) is 6.43. The minimum Gasteiger partial charge on any atom is -0.496 e. The van der Waals surface area contributed by atoms with E-state index in [0.29, 0.717) is 0 Å². The molecule has 1 N–H and O–H groups in total. The maximum atomic E-state index is 10.3. The van der Waals surface area contributed by atoms with Crippen LogP contribution in [0.5, 0.6) is 5.75 Å². The third-order valence-electron chi connectivity index (χ3n) is 3.37. The lowest BCUT2D eigenvalue weighted by Gasteiger charge is -2.18. The molecule has 0 radical (unpaired) electrons. The van der Waals surface area contributed by atoms with Crippen LogP contribution in [-0.4, -0.2) is 12.2 Å². The van der Waals surface area contributed by atoms with Crippen LogP contribution >= 0.6 is 0 Å². The Bertz CT molecular complexity index is 546. The molecule has 1 unspecified atom stereocenters. The van der Waals surface area contributed by atoms with E-state index in [0.717, 1.165) is 40.5 Å². The van der Waals surface area contributed by atoms with Crippen molar-refractivity contribution in [3.8, 4) is 5.75 Å². The van der Waals surface area contributed by atoms with Gasteiger partial charge < -0.3 is 9.84 Å². The molecule has 2 heteroatoms. The molecule has 0 aliphatic carbocycles. The highest BCUT2D eigenvalue weighted by Gasteiger charge is 2.15. The van der Waals surface area contributed by atoms with Crippen LogP contribution in [0.25, 0.3) is 10.8 Å². The summed E-state index contributed by atoms with van der Waals surface area (Å²) in [5.41, 5.74) is 2.12. The number of rotatable bonds is 4. The third-order valence-corrected chi connectivity index (χ3v) is 3.37. The number of fused-ring (bicyclic) bond motifs is 1. The molecule has 0 saturated carbocycles. The lowest BCUT2D eigenvalue weighted by atomic mass is 9.93. The minimum atomic E-state index is -0.397. The zero-order valence-electron chi connectivity index (χ0n) is 11.2. The van der Waals surface area contributed by atoms with Gasteiger partial charge in [0.1, 0.15) is 5.75 Å². The highest BCUT2D eigenvalue weighted by Crippen LogP contribution is 2.35. The lowest BCUT2D eigenvalue weighted by Crippen LogP contribution is -2.02. The summed E-state index contributed by atoms with van der Waals surface area (Å²) in [6.45, 7) is 4.12. The summed E-state index contributed by atoms with van der Waals surface area (Å²) < 4.78 is 5.42. The van der Waals surface area contributed by atoms with Gasteiger partial charge in [0.25, 0.3) is 0 Å². The Kier molecular flexibility index (Phi) is 3.87. The molecule has 0 saturated heterocycles. The van der Waals surface area contributed by atoms with E-state index in [1.807, 2.05) is 31.2 Å². The molecular formula is C16H20O2. The largest absolute Gasteiger partial charge is 0.496 e. The topological polar surface area (TPSA) is 29.5 Å². The summed E-state index contributed by atoms with van der Waals surface area (Å²) in [5, 5.41) is 12.5. The van der Waals surface area contributed by atoms with Crippen LogP contribution in [0.1, 0.15) is 37.0 Å². The van der Waals surface area contributed by atoms with Gasteiger partial charge in [-0.05, 0) is 35.9 Å². The maximum absolute atomic E-state index is 10.3. The van der Waals surface area contributed by atoms with Crippen molar-refractivity contribution < 1.29 is 9.84 Å². The Balaban J connectivity index is 2.69.